The van der Waals surface area contributed by atoms with E-state index in [0.29, 0.717) is 35.9 Å². The van der Waals surface area contributed by atoms with Gasteiger partial charge in [0.25, 0.3) is 11.5 Å². The molecule has 30 heavy (non-hydrogen) atoms. The second-order valence-corrected chi connectivity index (χ2v) is 7.03. The molecule has 156 valence electrons. The highest BCUT2D eigenvalue weighted by Gasteiger charge is 2.07. The van der Waals surface area contributed by atoms with Crippen LogP contribution in [0.4, 0.5) is 5.95 Å². The highest BCUT2D eigenvalue weighted by Crippen LogP contribution is 2.14. The van der Waals surface area contributed by atoms with Crippen molar-refractivity contribution in [3.05, 3.63) is 69.5 Å². The number of H-pyrrole nitrogens is 1. The van der Waals surface area contributed by atoms with Crippen LogP contribution in [0.15, 0.2) is 47.3 Å². The molecular formula is C22H25N5O3. The number of nitrogens with one attached hydrogen (secondary N) is 3. The largest absolute Gasteiger partial charge is 0.369 e. The molecule has 0 atom stereocenters. The Labute approximate surface area is 173 Å². The number of nitrogen functional groups attached to an aromatic ring is 1. The van der Waals surface area contributed by atoms with E-state index in [9.17, 15) is 14.4 Å². The van der Waals surface area contributed by atoms with Gasteiger partial charge in [0.15, 0.2) is 0 Å². The van der Waals surface area contributed by atoms with Crippen LogP contribution in [0.5, 0.6) is 0 Å². The number of anilines is 1. The van der Waals surface area contributed by atoms with Gasteiger partial charge in [0.1, 0.15) is 0 Å². The van der Waals surface area contributed by atoms with Crippen molar-refractivity contribution in [1.82, 2.24) is 20.6 Å². The van der Waals surface area contributed by atoms with Gasteiger partial charge in [-0.25, -0.2) is 4.98 Å². The number of carbonyl (C=O) groups is 2. The molecule has 2 amide bonds. The number of hydrogen-bond donors (Lipinski definition) is 4. The summed E-state index contributed by atoms with van der Waals surface area (Å²) in [4.78, 5) is 42.0. The van der Waals surface area contributed by atoms with Crippen molar-refractivity contribution in [1.29, 1.82) is 0 Å². The lowest BCUT2D eigenvalue weighted by Gasteiger charge is -2.07. The Balaban J connectivity index is 1.54. The maximum absolute atomic E-state index is 12.2. The van der Waals surface area contributed by atoms with Gasteiger partial charge in [-0.2, -0.15) is 0 Å². The highest BCUT2D eigenvalue weighted by molar-refractivity contribution is 5.94. The minimum Gasteiger partial charge on any atom is -0.369 e. The SMILES string of the molecule is CNC(=O)CCCNC(=O)c1ccc(CCc2ccc3nc(N)[nH]c(=O)c3c2)cc1. The minimum absolute atomic E-state index is 0.0370. The van der Waals surface area contributed by atoms with Gasteiger partial charge >= 0.3 is 0 Å². The summed E-state index contributed by atoms with van der Waals surface area (Å²) >= 11 is 0. The predicted octanol–water partition coefficient (Wildman–Crippen LogP) is 1.55. The smallest absolute Gasteiger partial charge is 0.260 e. The number of aromatic nitrogens is 2. The van der Waals surface area contributed by atoms with Crippen molar-refractivity contribution < 1.29 is 9.59 Å². The van der Waals surface area contributed by atoms with Crippen LogP contribution in [0.3, 0.4) is 0 Å². The van der Waals surface area contributed by atoms with Crippen molar-refractivity contribution in [3.63, 3.8) is 0 Å². The third-order valence-corrected chi connectivity index (χ3v) is 4.85. The van der Waals surface area contributed by atoms with Gasteiger partial charge in [-0.05, 0) is 54.7 Å². The maximum atomic E-state index is 12.2. The predicted molar refractivity (Wildman–Crippen MR) is 116 cm³/mol. The normalized spacial score (nSPS) is 10.7. The molecular weight excluding hydrogens is 382 g/mol. The second kappa shape index (κ2) is 9.69. The number of nitrogens with two attached hydrogens (primary N) is 1. The van der Waals surface area contributed by atoms with Gasteiger partial charge in [-0.15, -0.1) is 0 Å². The molecule has 0 fully saturated rings. The number of carbonyl (C=O) groups excluding carboxylic acids is 2. The van der Waals surface area contributed by atoms with Crippen LogP contribution in [0.1, 0.15) is 34.3 Å². The summed E-state index contributed by atoms with van der Waals surface area (Å²) in [6.07, 6.45) is 2.52. The number of hydrogen-bond acceptors (Lipinski definition) is 5. The Kier molecular flexibility index (Phi) is 6.79. The third kappa shape index (κ3) is 5.44. The van der Waals surface area contributed by atoms with Crippen LogP contribution < -0.4 is 21.9 Å². The topological polar surface area (TPSA) is 130 Å². The summed E-state index contributed by atoms with van der Waals surface area (Å²) in [6.45, 7) is 0.454. The van der Waals surface area contributed by atoms with E-state index in [-0.39, 0.29) is 23.3 Å². The van der Waals surface area contributed by atoms with Crippen molar-refractivity contribution in [2.24, 2.45) is 0 Å². The van der Waals surface area contributed by atoms with E-state index in [1.807, 2.05) is 24.3 Å². The molecule has 2 aromatic carbocycles. The Morgan fingerprint density at radius 3 is 2.50 bits per heavy atom. The first-order valence-electron chi connectivity index (χ1n) is 9.82. The molecule has 8 nitrogen and oxygen atoms in total. The van der Waals surface area contributed by atoms with Crippen LogP contribution in [0.25, 0.3) is 10.9 Å². The standard InChI is InChI=1S/C22H25N5O3/c1-24-19(28)3-2-12-25-20(29)16-9-6-14(7-10-16)4-5-15-8-11-18-17(13-15)21(30)27-22(23)26-18/h6-11,13H,2-5,12H2,1H3,(H,24,28)(H,25,29)(H3,23,26,27,30). The lowest BCUT2D eigenvalue weighted by Crippen LogP contribution is -2.26. The van der Waals surface area contributed by atoms with Gasteiger partial charge in [0, 0.05) is 25.6 Å². The summed E-state index contributed by atoms with van der Waals surface area (Å²) in [5.41, 5.74) is 8.60. The third-order valence-electron chi connectivity index (χ3n) is 4.85. The zero-order valence-corrected chi connectivity index (χ0v) is 16.8. The summed E-state index contributed by atoms with van der Waals surface area (Å²) in [5.74, 6) is -0.0835. The molecule has 5 N–H and O–H groups in total. The van der Waals surface area contributed by atoms with Crippen LogP contribution >= 0.6 is 0 Å². The highest BCUT2D eigenvalue weighted by atomic mass is 16.2. The summed E-state index contributed by atoms with van der Waals surface area (Å²) < 4.78 is 0. The molecule has 0 spiro atoms. The Hall–Kier alpha value is -3.68. The van der Waals surface area contributed by atoms with Crippen molar-refractivity contribution in [3.8, 4) is 0 Å². The van der Waals surface area contributed by atoms with Crippen molar-refractivity contribution in [2.45, 2.75) is 25.7 Å². The molecule has 0 radical (unpaired) electrons. The number of aromatic amines is 1. The van der Waals surface area contributed by atoms with Gasteiger partial charge in [0.2, 0.25) is 11.9 Å². The fourth-order valence-electron chi connectivity index (χ4n) is 3.15. The monoisotopic (exact) mass is 407 g/mol. The molecule has 0 bridgehead atoms. The zero-order valence-electron chi connectivity index (χ0n) is 16.8. The van der Waals surface area contributed by atoms with E-state index < -0.39 is 0 Å². The second-order valence-electron chi connectivity index (χ2n) is 7.03. The van der Waals surface area contributed by atoms with Crippen molar-refractivity contribution in [2.75, 3.05) is 19.3 Å². The fraction of sp³-hybridized carbons (Fsp3) is 0.273. The van der Waals surface area contributed by atoms with E-state index in [1.165, 1.54) is 0 Å². The molecule has 0 aliphatic rings. The fourth-order valence-corrected chi connectivity index (χ4v) is 3.15. The van der Waals surface area contributed by atoms with Gasteiger partial charge in [-0.3, -0.25) is 19.4 Å². The van der Waals surface area contributed by atoms with Crippen LogP contribution in [-0.4, -0.2) is 35.4 Å². The van der Waals surface area contributed by atoms with E-state index in [1.54, 1.807) is 25.2 Å². The van der Waals surface area contributed by atoms with Crippen LogP contribution in [0.2, 0.25) is 0 Å². The summed E-state index contributed by atoms with van der Waals surface area (Å²) in [5, 5.41) is 5.89. The van der Waals surface area contributed by atoms with Gasteiger partial charge in [-0.1, -0.05) is 18.2 Å². The molecule has 3 rings (SSSR count). The molecule has 3 aromatic rings. The number of aryl methyl sites for hydroxylation is 2. The van der Waals surface area contributed by atoms with E-state index in [0.717, 1.165) is 24.0 Å². The average Bonchev–Trinajstić information content (AvgIpc) is 2.75. The van der Waals surface area contributed by atoms with E-state index in [2.05, 4.69) is 20.6 Å². The van der Waals surface area contributed by atoms with E-state index in [4.69, 9.17) is 5.73 Å². The summed E-state index contributed by atoms with van der Waals surface area (Å²) in [7, 11) is 1.59. The molecule has 0 saturated carbocycles. The molecule has 0 saturated heterocycles. The first-order valence-corrected chi connectivity index (χ1v) is 9.82. The Morgan fingerprint density at radius 1 is 1.07 bits per heavy atom. The van der Waals surface area contributed by atoms with Gasteiger partial charge < -0.3 is 16.4 Å². The quantitative estimate of drug-likeness (QED) is 0.421. The van der Waals surface area contributed by atoms with Crippen LogP contribution in [0, 0.1) is 0 Å². The minimum atomic E-state index is -0.245. The Bertz CT molecular complexity index is 1110. The molecule has 0 unspecified atom stereocenters. The molecule has 0 aliphatic heterocycles. The first kappa shape index (κ1) is 21.0. The molecule has 0 aliphatic carbocycles. The molecule has 8 heteroatoms. The first-order chi connectivity index (χ1) is 14.5. The zero-order chi connectivity index (χ0) is 21.5. The maximum Gasteiger partial charge on any atom is 0.260 e. The number of amides is 2. The van der Waals surface area contributed by atoms with Crippen LogP contribution in [-0.2, 0) is 17.6 Å². The van der Waals surface area contributed by atoms with E-state index >= 15 is 0 Å². The van der Waals surface area contributed by atoms with Crippen molar-refractivity contribution >= 4 is 28.7 Å². The number of fused-ring (bicyclic) bond motifs is 1. The van der Waals surface area contributed by atoms with Gasteiger partial charge in [0.05, 0.1) is 10.9 Å². The summed E-state index contributed by atoms with van der Waals surface area (Å²) in [6, 6.07) is 13.0. The lowest BCUT2D eigenvalue weighted by atomic mass is 10.0. The lowest BCUT2D eigenvalue weighted by molar-refractivity contribution is -0.120. The number of benzene rings is 2. The number of rotatable bonds is 8. The Morgan fingerprint density at radius 2 is 1.77 bits per heavy atom. The molecule has 1 aromatic heterocycles. The average molecular weight is 407 g/mol. The number of nitrogens with zero attached hydrogens (tertiary/aromatic N) is 1. The molecule has 1 heterocycles.